The first kappa shape index (κ1) is 53.1. The highest BCUT2D eigenvalue weighted by molar-refractivity contribution is 7.86. The first-order valence-corrected chi connectivity index (χ1v) is 26.7. The molecule has 0 saturated heterocycles. The number of methoxy groups -OCH3 is 1. The van der Waals surface area contributed by atoms with Gasteiger partial charge in [-0.05, 0) is 92.7 Å². The van der Waals surface area contributed by atoms with Crippen molar-refractivity contribution in [1.29, 1.82) is 0 Å². The molecule has 4 rings (SSSR count). The maximum absolute atomic E-state index is 14.4. The number of cyclic esters (lactones) is 2. The summed E-state index contributed by atoms with van der Waals surface area (Å²) in [6.07, 6.45) is -2.11. The molecule has 0 bridgehead atoms. The number of nitrogens with one attached hydrogen (secondary N) is 2. The highest BCUT2D eigenvalue weighted by atomic mass is 35.5. The highest BCUT2D eigenvalue weighted by Crippen LogP contribution is 2.43. The summed E-state index contributed by atoms with van der Waals surface area (Å²) < 4.78 is 59.7. The van der Waals surface area contributed by atoms with E-state index in [2.05, 4.69) is 44.5 Å². The van der Waals surface area contributed by atoms with E-state index in [9.17, 15) is 27.6 Å². The minimum Gasteiger partial charge on any atom is -0.495 e. The molecule has 0 aliphatic carbocycles. The number of halogens is 1. The lowest BCUT2D eigenvalue weighted by Crippen LogP contribution is -2.51. The van der Waals surface area contributed by atoms with E-state index in [0.717, 1.165) is 5.56 Å². The Hall–Kier alpha value is -4.54. The van der Waals surface area contributed by atoms with Crippen molar-refractivity contribution in [1.82, 2.24) is 10.6 Å². The van der Waals surface area contributed by atoms with Crippen LogP contribution in [0.25, 0.3) is 0 Å². The number of esters is 2. The standard InChI is InChI=1S/C49H67ClN2O11SSi/c1-31(2)27-41-46(55)60-39(19-16-20-42(53)52-38(29-34-23-26-40(59-10)37(50)28-34)45(54)51-30-49(8,9)47(56)61-41)33(4)43(62-64(57,58)36-24-21-32(3)22-25-36)44(35-17-14-13-15-18-35)63-65(11,12)48(5,6)7/h13-18,20-26,28,31,33,38-39,41,43-44H,19,27,29-30H2,1-12H3,(H,51,54)(H,52,53)/b20-16+/t33-,38+,39-,41-,43-,44+/m0/s1. The fourth-order valence-electron chi connectivity index (χ4n) is 6.81. The first-order valence-electron chi connectivity index (χ1n) is 22.0. The van der Waals surface area contributed by atoms with Gasteiger partial charge >= 0.3 is 11.9 Å². The monoisotopic (exact) mass is 954 g/mol. The van der Waals surface area contributed by atoms with Crippen LogP contribution in [0.15, 0.2) is 89.8 Å². The summed E-state index contributed by atoms with van der Waals surface area (Å²) in [5.41, 5.74) is 0.785. The van der Waals surface area contributed by atoms with Crippen molar-refractivity contribution in [2.75, 3.05) is 13.7 Å². The van der Waals surface area contributed by atoms with Crippen molar-refractivity contribution in [2.24, 2.45) is 17.3 Å². The Bertz CT molecular complexity index is 2260. The zero-order valence-corrected chi connectivity index (χ0v) is 42.3. The van der Waals surface area contributed by atoms with Crippen LogP contribution < -0.4 is 15.4 Å². The summed E-state index contributed by atoms with van der Waals surface area (Å²) in [5, 5.41) is 5.54. The topological polar surface area (TPSA) is 173 Å². The molecule has 13 nitrogen and oxygen atoms in total. The Morgan fingerprint density at radius 1 is 0.938 bits per heavy atom. The van der Waals surface area contributed by atoms with Crippen molar-refractivity contribution < 1.29 is 50.4 Å². The van der Waals surface area contributed by atoms with Gasteiger partial charge in [-0.3, -0.25) is 18.6 Å². The maximum Gasteiger partial charge on any atom is 0.347 e. The van der Waals surface area contributed by atoms with Crippen LogP contribution in [0, 0.1) is 24.2 Å². The van der Waals surface area contributed by atoms with E-state index in [1.165, 1.54) is 31.4 Å². The van der Waals surface area contributed by atoms with Gasteiger partial charge in [0.05, 0.1) is 28.5 Å². The summed E-state index contributed by atoms with van der Waals surface area (Å²) in [7, 11) is -5.71. The number of ether oxygens (including phenoxy) is 3. The van der Waals surface area contributed by atoms with Gasteiger partial charge in [0.15, 0.2) is 14.4 Å². The number of aryl methyl sites for hydroxylation is 1. The Kier molecular flexibility index (Phi) is 18.2. The van der Waals surface area contributed by atoms with E-state index in [0.29, 0.717) is 21.9 Å². The smallest absolute Gasteiger partial charge is 0.347 e. The van der Waals surface area contributed by atoms with Crippen LogP contribution in [-0.4, -0.2) is 78.5 Å². The first-order chi connectivity index (χ1) is 30.2. The van der Waals surface area contributed by atoms with Gasteiger partial charge in [-0.2, -0.15) is 8.42 Å². The van der Waals surface area contributed by atoms with Crippen LogP contribution in [0.4, 0.5) is 0 Å². The molecule has 3 aromatic carbocycles. The van der Waals surface area contributed by atoms with Crippen LogP contribution in [0.1, 0.15) is 91.0 Å². The molecule has 65 heavy (non-hydrogen) atoms. The Morgan fingerprint density at radius 2 is 1.58 bits per heavy atom. The second-order valence-electron chi connectivity index (χ2n) is 19.4. The minimum atomic E-state index is -4.48. The van der Waals surface area contributed by atoms with Gasteiger partial charge in [0.25, 0.3) is 10.1 Å². The molecule has 2 amide bonds. The number of hydrogen-bond acceptors (Lipinski definition) is 11. The third kappa shape index (κ3) is 14.7. The predicted molar refractivity (Wildman–Crippen MR) is 253 cm³/mol. The molecule has 0 spiro atoms. The van der Waals surface area contributed by atoms with E-state index >= 15 is 0 Å². The van der Waals surface area contributed by atoms with Gasteiger partial charge in [0.2, 0.25) is 11.8 Å². The minimum absolute atomic E-state index is 0.0390. The Morgan fingerprint density at radius 3 is 2.17 bits per heavy atom. The normalized spacial score (nSPS) is 21.3. The molecular weight excluding hydrogens is 888 g/mol. The van der Waals surface area contributed by atoms with Gasteiger partial charge in [-0.15, -0.1) is 0 Å². The number of amides is 2. The molecule has 6 atom stereocenters. The number of hydrogen-bond donors (Lipinski definition) is 2. The van der Waals surface area contributed by atoms with E-state index in [-0.39, 0.29) is 41.7 Å². The molecule has 0 radical (unpaired) electrons. The van der Waals surface area contributed by atoms with Crippen LogP contribution in [0.5, 0.6) is 5.75 Å². The van der Waals surface area contributed by atoms with Crippen molar-refractivity contribution in [3.63, 3.8) is 0 Å². The molecular formula is C49H67ClN2O11SSi. The second-order valence-corrected chi connectivity index (χ2v) is 26.1. The average Bonchev–Trinajstić information content (AvgIpc) is 3.22. The molecule has 1 heterocycles. The van der Waals surface area contributed by atoms with E-state index in [1.807, 2.05) is 51.1 Å². The van der Waals surface area contributed by atoms with Crippen molar-refractivity contribution in [3.05, 3.63) is 107 Å². The van der Waals surface area contributed by atoms with Crippen molar-refractivity contribution >= 4 is 53.8 Å². The van der Waals surface area contributed by atoms with E-state index in [1.54, 1.807) is 51.1 Å². The fraction of sp³-hybridized carbons (Fsp3) is 0.510. The predicted octanol–water partition coefficient (Wildman–Crippen LogP) is 8.83. The number of rotatable bonds is 14. The maximum atomic E-state index is 14.4. The second kappa shape index (κ2) is 22.3. The van der Waals surface area contributed by atoms with Crippen molar-refractivity contribution in [3.8, 4) is 5.75 Å². The molecule has 0 fully saturated rings. The summed E-state index contributed by atoms with van der Waals surface area (Å²) >= 11 is 6.41. The average molecular weight is 956 g/mol. The van der Waals surface area contributed by atoms with Crippen LogP contribution in [0.2, 0.25) is 23.2 Å². The molecule has 0 saturated carbocycles. The van der Waals surface area contributed by atoms with E-state index in [4.69, 9.17) is 34.4 Å². The van der Waals surface area contributed by atoms with Crippen LogP contribution >= 0.6 is 11.6 Å². The number of carbonyl (C=O) groups is 4. The lowest BCUT2D eigenvalue weighted by molar-refractivity contribution is -0.180. The molecule has 1 aliphatic rings. The molecule has 0 unspecified atom stereocenters. The SMILES string of the molecule is COc1ccc(C[C@H]2NC(=O)/C=C/C[C@@H]([C@H](C)[C@H](OS(=O)(=O)c3ccc(C)cc3)[C@H](O[Si](C)(C)C(C)(C)C)c3ccccc3)OC(=O)[C@H](CC(C)C)OC(=O)C(C)(C)CNC2=O)cc1Cl. The quantitative estimate of drug-likeness (QED) is 0.0899. The van der Waals surface area contributed by atoms with Crippen molar-refractivity contribution in [2.45, 2.75) is 135 Å². The molecule has 16 heteroatoms. The summed E-state index contributed by atoms with van der Waals surface area (Å²) in [6, 6.07) is 19.4. The summed E-state index contributed by atoms with van der Waals surface area (Å²) in [4.78, 5) is 55.7. The third-order valence-corrected chi connectivity index (χ3v) is 18.0. The van der Waals surface area contributed by atoms with Gasteiger partial charge in [0.1, 0.15) is 24.0 Å². The zero-order chi connectivity index (χ0) is 48.5. The molecule has 3 aromatic rings. The van der Waals surface area contributed by atoms with Gasteiger partial charge in [-0.1, -0.05) is 113 Å². The largest absolute Gasteiger partial charge is 0.495 e. The molecule has 356 valence electrons. The van der Waals surface area contributed by atoms with E-state index < -0.39 is 84.0 Å². The Labute approximate surface area is 391 Å². The summed E-state index contributed by atoms with van der Waals surface area (Å²) in [6.45, 7) is 20.6. The fourth-order valence-corrected chi connectivity index (χ4v) is 9.50. The molecule has 1 aliphatic heterocycles. The molecule has 2 N–H and O–H groups in total. The zero-order valence-electron chi connectivity index (χ0n) is 39.7. The van der Waals surface area contributed by atoms with Crippen LogP contribution in [-0.2, 0) is 53.8 Å². The lowest BCUT2D eigenvalue weighted by Gasteiger charge is -2.43. The molecule has 0 aromatic heterocycles. The Balaban J connectivity index is 1.87. The van der Waals surface area contributed by atoms with Crippen LogP contribution in [0.3, 0.4) is 0 Å². The van der Waals surface area contributed by atoms with Gasteiger partial charge < -0.3 is 29.3 Å². The summed E-state index contributed by atoms with van der Waals surface area (Å²) in [5.74, 6) is -3.48. The number of carbonyl (C=O) groups excluding carboxylic acids is 4. The lowest BCUT2D eigenvalue weighted by atomic mass is 9.89. The van der Waals surface area contributed by atoms with Gasteiger partial charge in [-0.25, -0.2) is 4.79 Å². The van der Waals surface area contributed by atoms with Gasteiger partial charge in [0, 0.05) is 25.3 Å². The highest BCUT2D eigenvalue weighted by Gasteiger charge is 2.46. The third-order valence-electron chi connectivity index (χ3n) is 12.0. The number of benzene rings is 3.